The average molecular weight is 249 g/mol. The molecule has 0 aromatic heterocycles. The van der Waals surface area contributed by atoms with Crippen LogP contribution in [0.3, 0.4) is 0 Å². The topological polar surface area (TPSA) is 53.1 Å². The molecule has 2 heterocycles. The van der Waals surface area contributed by atoms with Crippen LogP contribution in [0.5, 0.6) is 0 Å². The van der Waals surface area contributed by atoms with Gasteiger partial charge in [0, 0.05) is 46.3 Å². The summed E-state index contributed by atoms with van der Waals surface area (Å²) in [6, 6.07) is 0. The zero-order valence-electron chi connectivity index (χ0n) is 9.63. The zero-order valence-corrected chi connectivity index (χ0v) is 10.4. The number of likely N-dealkylation sites (N-methyl/N-ethyl adjacent to an activating group) is 1. The van der Waals surface area contributed by atoms with Crippen LogP contribution in [0.25, 0.3) is 0 Å². The van der Waals surface area contributed by atoms with Crippen molar-refractivity contribution >= 4 is 10.2 Å². The summed E-state index contributed by atoms with van der Waals surface area (Å²) in [5.74, 6) is 0. The Balaban J connectivity index is 1.82. The Hall–Kier alpha value is -0.210. The van der Waals surface area contributed by atoms with Crippen molar-refractivity contribution < 1.29 is 13.2 Å². The molecule has 7 heteroatoms. The molecule has 0 aromatic carbocycles. The van der Waals surface area contributed by atoms with Crippen LogP contribution in [0, 0.1) is 0 Å². The third-order valence-corrected chi connectivity index (χ3v) is 5.14. The summed E-state index contributed by atoms with van der Waals surface area (Å²) >= 11 is 0. The molecule has 2 saturated heterocycles. The summed E-state index contributed by atoms with van der Waals surface area (Å²) in [5, 5.41) is 0. The normalized spacial score (nSPS) is 28.6. The number of hydrogen-bond acceptors (Lipinski definition) is 4. The van der Waals surface area contributed by atoms with Gasteiger partial charge in [0.05, 0.1) is 13.2 Å². The fourth-order valence-corrected chi connectivity index (χ4v) is 3.32. The first-order valence-corrected chi connectivity index (χ1v) is 7.02. The smallest absolute Gasteiger partial charge is 0.281 e. The molecule has 2 aliphatic rings. The Morgan fingerprint density at radius 2 is 1.75 bits per heavy atom. The molecule has 0 aromatic rings. The number of rotatable bonds is 3. The quantitative estimate of drug-likeness (QED) is 0.631. The van der Waals surface area contributed by atoms with Crippen molar-refractivity contribution in [2.24, 2.45) is 0 Å². The minimum Gasteiger partial charge on any atom is -0.379 e. The lowest BCUT2D eigenvalue weighted by atomic mass is 10.4. The first-order valence-electron chi connectivity index (χ1n) is 5.62. The van der Waals surface area contributed by atoms with Gasteiger partial charge in [0.15, 0.2) is 0 Å². The van der Waals surface area contributed by atoms with E-state index in [2.05, 4.69) is 4.90 Å². The van der Waals surface area contributed by atoms with Gasteiger partial charge >= 0.3 is 0 Å². The van der Waals surface area contributed by atoms with Crippen molar-refractivity contribution in [3.05, 3.63) is 0 Å². The van der Waals surface area contributed by atoms with Crippen LogP contribution in [-0.2, 0) is 14.9 Å². The number of nitrogens with zero attached hydrogens (tertiary/aromatic N) is 3. The van der Waals surface area contributed by atoms with Crippen molar-refractivity contribution in [2.75, 3.05) is 59.5 Å². The van der Waals surface area contributed by atoms with Gasteiger partial charge in [-0.2, -0.15) is 17.0 Å². The summed E-state index contributed by atoms with van der Waals surface area (Å²) in [5.41, 5.74) is 0. The van der Waals surface area contributed by atoms with E-state index in [1.165, 1.54) is 4.31 Å². The molecular weight excluding hydrogens is 230 g/mol. The van der Waals surface area contributed by atoms with Crippen molar-refractivity contribution in [1.29, 1.82) is 0 Å². The fraction of sp³-hybridized carbons (Fsp3) is 1.00. The van der Waals surface area contributed by atoms with Crippen LogP contribution >= 0.6 is 0 Å². The van der Waals surface area contributed by atoms with Crippen LogP contribution < -0.4 is 0 Å². The summed E-state index contributed by atoms with van der Waals surface area (Å²) in [6.07, 6.45) is 0. The highest BCUT2D eigenvalue weighted by Gasteiger charge is 2.33. The van der Waals surface area contributed by atoms with Gasteiger partial charge in [-0.15, -0.1) is 0 Å². The number of ether oxygens (including phenoxy) is 1. The van der Waals surface area contributed by atoms with Crippen molar-refractivity contribution in [3.63, 3.8) is 0 Å². The van der Waals surface area contributed by atoms with E-state index < -0.39 is 10.2 Å². The maximum atomic E-state index is 11.8. The Labute approximate surface area is 96.9 Å². The van der Waals surface area contributed by atoms with Crippen molar-refractivity contribution in [3.8, 4) is 0 Å². The first kappa shape index (κ1) is 12.3. The number of morpholine rings is 1. The van der Waals surface area contributed by atoms with Gasteiger partial charge in [0.1, 0.15) is 0 Å². The summed E-state index contributed by atoms with van der Waals surface area (Å²) in [7, 11) is -1.53. The maximum absolute atomic E-state index is 11.8. The van der Waals surface area contributed by atoms with E-state index in [4.69, 9.17) is 4.74 Å². The second-order valence-corrected chi connectivity index (χ2v) is 6.22. The van der Waals surface area contributed by atoms with Gasteiger partial charge in [-0.1, -0.05) is 0 Å². The molecule has 0 atom stereocenters. The average Bonchev–Trinajstić information content (AvgIpc) is 2.53. The van der Waals surface area contributed by atoms with E-state index in [9.17, 15) is 8.42 Å². The summed E-state index contributed by atoms with van der Waals surface area (Å²) < 4.78 is 31.8. The molecule has 0 bridgehead atoms. The van der Waals surface area contributed by atoms with Gasteiger partial charge < -0.3 is 4.74 Å². The molecule has 16 heavy (non-hydrogen) atoms. The van der Waals surface area contributed by atoms with E-state index in [-0.39, 0.29) is 0 Å². The second-order valence-electron chi connectivity index (χ2n) is 4.18. The Morgan fingerprint density at radius 3 is 2.31 bits per heavy atom. The molecule has 6 nitrogen and oxygen atoms in total. The maximum Gasteiger partial charge on any atom is 0.281 e. The largest absolute Gasteiger partial charge is 0.379 e. The molecule has 0 N–H and O–H groups in total. The highest BCUT2D eigenvalue weighted by atomic mass is 32.2. The van der Waals surface area contributed by atoms with Gasteiger partial charge in [0.25, 0.3) is 10.2 Å². The van der Waals surface area contributed by atoms with Crippen LogP contribution in [0.15, 0.2) is 0 Å². The van der Waals surface area contributed by atoms with Gasteiger partial charge in [-0.3, -0.25) is 4.90 Å². The van der Waals surface area contributed by atoms with Crippen LogP contribution in [0.2, 0.25) is 0 Å². The second kappa shape index (κ2) is 4.97. The third-order valence-electron chi connectivity index (χ3n) is 3.15. The molecule has 0 spiro atoms. The lowest BCUT2D eigenvalue weighted by Crippen LogP contribution is -2.42. The minimum atomic E-state index is -3.16. The molecule has 94 valence electrons. The van der Waals surface area contributed by atoms with Crippen LogP contribution in [0.4, 0.5) is 0 Å². The minimum absolute atomic E-state index is 0.590. The van der Waals surface area contributed by atoms with Crippen LogP contribution in [-0.4, -0.2) is 81.5 Å². The molecule has 0 saturated carbocycles. The first-order chi connectivity index (χ1) is 7.60. The predicted molar refractivity (Wildman–Crippen MR) is 60.4 cm³/mol. The Kier molecular flexibility index (Phi) is 3.81. The van der Waals surface area contributed by atoms with Gasteiger partial charge in [-0.05, 0) is 0 Å². The highest BCUT2D eigenvalue weighted by molar-refractivity contribution is 7.87. The van der Waals surface area contributed by atoms with Crippen LogP contribution in [0.1, 0.15) is 0 Å². The molecule has 0 aliphatic carbocycles. The van der Waals surface area contributed by atoms with Gasteiger partial charge in [0.2, 0.25) is 0 Å². The lowest BCUT2D eigenvalue weighted by molar-refractivity contribution is 0.0365. The van der Waals surface area contributed by atoms with E-state index in [1.807, 2.05) is 0 Å². The zero-order chi connectivity index (χ0) is 11.6. The molecule has 0 amide bonds. The van der Waals surface area contributed by atoms with E-state index in [1.54, 1.807) is 11.4 Å². The SMILES string of the molecule is CN1CCN(CCN2CCOCC2)S1(=O)=O. The standard InChI is InChI=1S/C9H19N3O3S/c1-10-2-4-12(16(10,13)14)5-3-11-6-8-15-9-7-11/h2-9H2,1H3. The van der Waals surface area contributed by atoms with Crippen molar-refractivity contribution in [2.45, 2.75) is 0 Å². The fourth-order valence-electron chi connectivity index (χ4n) is 1.99. The number of hydrogen-bond donors (Lipinski definition) is 0. The molecule has 0 radical (unpaired) electrons. The molecule has 2 aliphatic heterocycles. The van der Waals surface area contributed by atoms with E-state index >= 15 is 0 Å². The van der Waals surface area contributed by atoms with E-state index in [0.717, 1.165) is 32.8 Å². The Morgan fingerprint density at radius 1 is 1.06 bits per heavy atom. The molecule has 0 unspecified atom stereocenters. The summed E-state index contributed by atoms with van der Waals surface area (Å²) in [4.78, 5) is 2.25. The highest BCUT2D eigenvalue weighted by Crippen LogP contribution is 2.13. The predicted octanol–water partition coefficient (Wildman–Crippen LogP) is -1.19. The van der Waals surface area contributed by atoms with E-state index in [0.29, 0.717) is 19.6 Å². The third kappa shape index (κ3) is 2.54. The monoisotopic (exact) mass is 249 g/mol. The van der Waals surface area contributed by atoms with Gasteiger partial charge in [-0.25, -0.2) is 0 Å². The summed E-state index contributed by atoms with van der Waals surface area (Å²) in [6.45, 7) is 5.94. The van der Waals surface area contributed by atoms with Crippen molar-refractivity contribution in [1.82, 2.24) is 13.5 Å². The molecule has 2 rings (SSSR count). The molecule has 2 fully saturated rings. The molecular formula is C9H19N3O3S. The lowest BCUT2D eigenvalue weighted by Gasteiger charge is -2.28. The Bertz CT molecular complexity index is 327.